The van der Waals surface area contributed by atoms with E-state index in [1.807, 2.05) is 0 Å². The fraction of sp³-hybridized carbons (Fsp3) is 0.200. The Morgan fingerprint density at radius 1 is 1.20 bits per heavy atom. The Balaban J connectivity index is 3.11. The van der Waals surface area contributed by atoms with Crippen LogP contribution in [0.4, 0.5) is 0 Å². The number of ether oxygens (including phenoxy) is 2. The van der Waals surface area contributed by atoms with Crippen LogP contribution < -0.4 is 9.47 Å². The van der Waals surface area contributed by atoms with Crippen LogP contribution in [0.25, 0.3) is 0 Å². The molecule has 5 nitrogen and oxygen atoms in total. The Bertz CT molecular complexity index is 397. The van der Waals surface area contributed by atoms with E-state index in [-0.39, 0.29) is 11.3 Å². The van der Waals surface area contributed by atoms with Crippen LogP contribution in [0.2, 0.25) is 0 Å². The van der Waals surface area contributed by atoms with Crippen molar-refractivity contribution in [1.29, 1.82) is 0 Å². The van der Waals surface area contributed by atoms with Gasteiger partial charge in [-0.3, -0.25) is 4.79 Å². The fourth-order valence-electron chi connectivity index (χ4n) is 1.04. The number of carboxylic acid groups (broad SMARTS) is 1. The van der Waals surface area contributed by atoms with E-state index >= 15 is 0 Å². The van der Waals surface area contributed by atoms with Gasteiger partial charge < -0.3 is 14.6 Å². The first kappa shape index (κ1) is 11.0. The molecule has 80 valence electrons. The summed E-state index contributed by atoms with van der Waals surface area (Å²) in [7, 11) is 1.40. The van der Waals surface area contributed by atoms with Gasteiger partial charge in [0, 0.05) is 13.0 Å². The van der Waals surface area contributed by atoms with Crippen molar-refractivity contribution in [3.8, 4) is 11.5 Å². The van der Waals surface area contributed by atoms with E-state index < -0.39 is 11.9 Å². The summed E-state index contributed by atoms with van der Waals surface area (Å²) in [4.78, 5) is 21.4. The Morgan fingerprint density at radius 3 is 2.27 bits per heavy atom. The van der Waals surface area contributed by atoms with Crippen molar-refractivity contribution in [2.24, 2.45) is 0 Å². The highest BCUT2D eigenvalue weighted by atomic mass is 16.5. The van der Waals surface area contributed by atoms with Gasteiger partial charge in [0.2, 0.25) is 0 Å². The van der Waals surface area contributed by atoms with Crippen molar-refractivity contribution in [3.63, 3.8) is 0 Å². The molecule has 5 heteroatoms. The van der Waals surface area contributed by atoms with Crippen LogP contribution in [-0.2, 0) is 4.79 Å². The normalized spacial score (nSPS) is 9.47. The monoisotopic (exact) mass is 210 g/mol. The number of benzene rings is 1. The largest absolute Gasteiger partial charge is 0.497 e. The van der Waals surface area contributed by atoms with E-state index in [2.05, 4.69) is 0 Å². The minimum atomic E-state index is -1.11. The number of rotatable bonds is 3. The third-order valence-corrected chi connectivity index (χ3v) is 1.62. The second kappa shape index (κ2) is 4.45. The van der Waals surface area contributed by atoms with Gasteiger partial charge in [-0.1, -0.05) is 0 Å². The molecule has 0 saturated heterocycles. The zero-order valence-electron chi connectivity index (χ0n) is 8.31. The van der Waals surface area contributed by atoms with Gasteiger partial charge in [-0.15, -0.1) is 0 Å². The molecule has 1 N–H and O–H groups in total. The fourth-order valence-corrected chi connectivity index (χ4v) is 1.04. The summed E-state index contributed by atoms with van der Waals surface area (Å²) in [6, 6.07) is 4.04. The number of carbonyl (C=O) groups excluding carboxylic acids is 1. The number of hydrogen-bond acceptors (Lipinski definition) is 4. The molecule has 0 fully saturated rings. The van der Waals surface area contributed by atoms with Gasteiger partial charge in [-0.2, -0.15) is 0 Å². The van der Waals surface area contributed by atoms with Crippen molar-refractivity contribution >= 4 is 11.9 Å². The lowest BCUT2D eigenvalue weighted by molar-refractivity contribution is -0.131. The summed E-state index contributed by atoms with van der Waals surface area (Å²) < 4.78 is 9.64. The molecule has 0 heterocycles. The van der Waals surface area contributed by atoms with E-state index in [0.717, 1.165) is 0 Å². The molecule has 1 aromatic carbocycles. The molecule has 0 aliphatic heterocycles. The summed E-state index contributed by atoms with van der Waals surface area (Å²) >= 11 is 0. The van der Waals surface area contributed by atoms with E-state index in [1.54, 1.807) is 0 Å². The average molecular weight is 210 g/mol. The lowest BCUT2D eigenvalue weighted by atomic mass is 10.2. The number of methoxy groups -OCH3 is 1. The van der Waals surface area contributed by atoms with E-state index in [1.165, 1.54) is 32.2 Å². The molecular weight excluding hydrogens is 200 g/mol. The minimum absolute atomic E-state index is 0.00519. The van der Waals surface area contributed by atoms with Crippen LogP contribution >= 0.6 is 0 Å². The first-order valence-electron chi connectivity index (χ1n) is 4.13. The number of carbonyl (C=O) groups is 2. The smallest absolute Gasteiger partial charge is 0.335 e. The lowest BCUT2D eigenvalue weighted by Gasteiger charge is -2.06. The van der Waals surface area contributed by atoms with Gasteiger partial charge in [-0.25, -0.2) is 4.79 Å². The van der Waals surface area contributed by atoms with Gasteiger partial charge in [0.05, 0.1) is 12.7 Å². The summed E-state index contributed by atoms with van der Waals surface area (Å²) in [5.41, 5.74) is 0.00519. The molecule has 0 saturated carbocycles. The standard InChI is InChI=1S/C10H10O5/c1-6(11)15-9-4-7(10(12)13)3-8(5-9)14-2/h3-5H,1-2H3,(H,12,13). The van der Waals surface area contributed by atoms with Gasteiger partial charge in [0.25, 0.3) is 0 Å². The molecule has 15 heavy (non-hydrogen) atoms. The predicted octanol–water partition coefficient (Wildman–Crippen LogP) is 1.32. The quantitative estimate of drug-likeness (QED) is 0.601. The summed E-state index contributed by atoms with van der Waals surface area (Å²) in [5.74, 6) is -1.15. The van der Waals surface area contributed by atoms with Gasteiger partial charge in [0.1, 0.15) is 11.5 Å². The zero-order chi connectivity index (χ0) is 11.4. The van der Waals surface area contributed by atoms with Crippen LogP contribution in [0.15, 0.2) is 18.2 Å². The maximum atomic E-state index is 10.7. The van der Waals surface area contributed by atoms with Crippen molar-refractivity contribution in [2.45, 2.75) is 6.92 Å². The van der Waals surface area contributed by atoms with Crippen LogP contribution in [0.3, 0.4) is 0 Å². The second-order valence-corrected chi connectivity index (χ2v) is 2.80. The number of hydrogen-bond donors (Lipinski definition) is 1. The third-order valence-electron chi connectivity index (χ3n) is 1.62. The number of esters is 1. The van der Waals surface area contributed by atoms with Crippen molar-refractivity contribution < 1.29 is 24.2 Å². The van der Waals surface area contributed by atoms with Gasteiger partial charge >= 0.3 is 11.9 Å². The number of aromatic carboxylic acids is 1. The second-order valence-electron chi connectivity index (χ2n) is 2.80. The summed E-state index contributed by atoms with van der Waals surface area (Å²) in [6.07, 6.45) is 0. The van der Waals surface area contributed by atoms with E-state index in [0.29, 0.717) is 5.75 Å². The van der Waals surface area contributed by atoms with E-state index in [4.69, 9.17) is 14.6 Å². The molecule has 0 radical (unpaired) electrons. The molecule has 1 rings (SSSR count). The average Bonchev–Trinajstić information content (AvgIpc) is 2.16. The Labute approximate surface area is 86.2 Å². The van der Waals surface area contributed by atoms with E-state index in [9.17, 15) is 9.59 Å². The molecule has 0 aliphatic rings. The minimum Gasteiger partial charge on any atom is -0.497 e. The summed E-state index contributed by atoms with van der Waals surface area (Å²) in [6.45, 7) is 1.24. The SMILES string of the molecule is COc1cc(OC(C)=O)cc(C(=O)O)c1. The van der Waals surface area contributed by atoms with Crippen LogP contribution in [0.5, 0.6) is 11.5 Å². The maximum absolute atomic E-state index is 10.7. The molecule has 1 aromatic rings. The first-order valence-corrected chi connectivity index (χ1v) is 4.13. The maximum Gasteiger partial charge on any atom is 0.335 e. The molecule has 0 spiro atoms. The molecule has 0 bridgehead atoms. The molecule has 0 amide bonds. The molecule has 0 aromatic heterocycles. The highest BCUT2D eigenvalue weighted by Gasteiger charge is 2.09. The Morgan fingerprint density at radius 2 is 1.80 bits per heavy atom. The third kappa shape index (κ3) is 2.98. The van der Waals surface area contributed by atoms with Crippen LogP contribution in [-0.4, -0.2) is 24.2 Å². The van der Waals surface area contributed by atoms with Gasteiger partial charge in [-0.05, 0) is 12.1 Å². The van der Waals surface area contributed by atoms with Crippen molar-refractivity contribution in [3.05, 3.63) is 23.8 Å². The molecule has 0 atom stereocenters. The molecular formula is C10H10O5. The van der Waals surface area contributed by atoms with Crippen molar-refractivity contribution in [2.75, 3.05) is 7.11 Å². The van der Waals surface area contributed by atoms with Gasteiger partial charge in [0.15, 0.2) is 0 Å². The topological polar surface area (TPSA) is 72.8 Å². The molecule has 0 unspecified atom stereocenters. The number of carboxylic acids is 1. The lowest BCUT2D eigenvalue weighted by Crippen LogP contribution is -2.04. The first-order chi connectivity index (χ1) is 7.02. The predicted molar refractivity (Wildman–Crippen MR) is 51.3 cm³/mol. The Kier molecular flexibility index (Phi) is 3.28. The van der Waals surface area contributed by atoms with Crippen LogP contribution in [0.1, 0.15) is 17.3 Å². The highest BCUT2D eigenvalue weighted by Crippen LogP contribution is 2.22. The summed E-state index contributed by atoms with van der Waals surface area (Å²) in [5, 5.41) is 8.77. The zero-order valence-corrected chi connectivity index (χ0v) is 8.31. The van der Waals surface area contributed by atoms with Crippen molar-refractivity contribution in [1.82, 2.24) is 0 Å². The Hall–Kier alpha value is -2.04. The molecule has 0 aliphatic carbocycles. The highest BCUT2D eigenvalue weighted by molar-refractivity contribution is 5.89. The van der Waals surface area contributed by atoms with Crippen LogP contribution in [0, 0.1) is 0 Å².